The molecule has 0 saturated heterocycles. The highest BCUT2D eigenvalue weighted by Gasteiger charge is 2.10. The number of amides is 1. The molecule has 5 heteroatoms. The molecule has 1 aliphatic carbocycles. The van der Waals surface area contributed by atoms with Crippen molar-refractivity contribution in [2.45, 2.75) is 32.7 Å². The first-order valence-corrected chi connectivity index (χ1v) is 6.16. The number of hydrogen-bond donors (Lipinski definition) is 3. The van der Waals surface area contributed by atoms with Gasteiger partial charge < -0.3 is 16.0 Å². The van der Waals surface area contributed by atoms with E-state index >= 15 is 0 Å². The van der Waals surface area contributed by atoms with Crippen LogP contribution in [0.5, 0.6) is 0 Å². The molecular formula is C12H22N4O. The third-order valence-corrected chi connectivity index (χ3v) is 2.45. The summed E-state index contributed by atoms with van der Waals surface area (Å²) in [5, 5.41) is 9.29. The van der Waals surface area contributed by atoms with Gasteiger partial charge >= 0.3 is 0 Å². The Morgan fingerprint density at radius 3 is 2.65 bits per heavy atom. The van der Waals surface area contributed by atoms with Gasteiger partial charge in [-0.1, -0.05) is 12.2 Å². The lowest BCUT2D eigenvalue weighted by Gasteiger charge is -2.16. The number of carbonyl (C=O) groups excluding carboxylic acids is 1. The second-order valence-electron chi connectivity index (χ2n) is 4.03. The van der Waals surface area contributed by atoms with E-state index < -0.39 is 0 Å². The number of rotatable bonds is 5. The Hall–Kier alpha value is -1.52. The van der Waals surface area contributed by atoms with Crippen molar-refractivity contribution in [2.75, 3.05) is 19.6 Å². The number of aliphatic imine (C=N–C) groups is 1. The summed E-state index contributed by atoms with van der Waals surface area (Å²) in [6, 6.07) is 0.452. The van der Waals surface area contributed by atoms with E-state index in [4.69, 9.17) is 0 Å². The number of hydrogen-bond acceptors (Lipinski definition) is 2. The Bertz CT molecular complexity index is 291. The monoisotopic (exact) mass is 238 g/mol. The van der Waals surface area contributed by atoms with Gasteiger partial charge in [0, 0.05) is 26.1 Å². The van der Waals surface area contributed by atoms with Crippen molar-refractivity contribution >= 4 is 11.9 Å². The van der Waals surface area contributed by atoms with Crippen LogP contribution in [0.2, 0.25) is 0 Å². The second kappa shape index (κ2) is 7.70. The van der Waals surface area contributed by atoms with E-state index in [2.05, 4.69) is 33.1 Å². The maximum Gasteiger partial charge on any atom is 0.216 e. The molecule has 0 unspecified atom stereocenters. The summed E-state index contributed by atoms with van der Waals surface area (Å²) < 4.78 is 0. The van der Waals surface area contributed by atoms with Crippen LogP contribution in [-0.4, -0.2) is 37.5 Å². The molecule has 17 heavy (non-hydrogen) atoms. The van der Waals surface area contributed by atoms with Crippen LogP contribution in [0.3, 0.4) is 0 Å². The lowest BCUT2D eigenvalue weighted by molar-refractivity contribution is -0.118. The van der Waals surface area contributed by atoms with Crippen molar-refractivity contribution in [3.05, 3.63) is 12.2 Å². The average molecular weight is 238 g/mol. The highest BCUT2D eigenvalue weighted by atomic mass is 16.1. The van der Waals surface area contributed by atoms with E-state index in [1.165, 1.54) is 6.92 Å². The Morgan fingerprint density at radius 2 is 2.06 bits per heavy atom. The van der Waals surface area contributed by atoms with Gasteiger partial charge in [-0.25, -0.2) is 0 Å². The molecule has 5 nitrogen and oxygen atoms in total. The molecule has 96 valence electrons. The zero-order valence-electron chi connectivity index (χ0n) is 10.6. The number of nitrogens with zero attached hydrogens (tertiary/aromatic N) is 1. The molecule has 0 saturated carbocycles. The van der Waals surface area contributed by atoms with Crippen LogP contribution in [-0.2, 0) is 4.79 Å². The highest BCUT2D eigenvalue weighted by molar-refractivity contribution is 5.80. The maximum atomic E-state index is 10.7. The van der Waals surface area contributed by atoms with E-state index in [9.17, 15) is 4.79 Å². The van der Waals surface area contributed by atoms with Crippen LogP contribution >= 0.6 is 0 Å². The van der Waals surface area contributed by atoms with Crippen molar-refractivity contribution in [1.29, 1.82) is 0 Å². The number of guanidine groups is 1. The minimum absolute atomic E-state index is 0.0156. The fourth-order valence-electron chi connectivity index (χ4n) is 1.65. The van der Waals surface area contributed by atoms with Crippen LogP contribution in [0.15, 0.2) is 17.1 Å². The molecule has 0 aromatic carbocycles. The second-order valence-corrected chi connectivity index (χ2v) is 4.03. The standard InChI is InChI=1S/C12H22N4O/c1-3-13-12(15-9-8-14-10(2)17)16-11-6-4-5-7-11/h4-5,11H,3,6-9H2,1-2H3,(H,14,17)(H2,13,15,16). The molecule has 0 aromatic heterocycles. The van der Waals surface area contributed by atoms with Crippen molar-refractivity contribution in [3.63, 3.8) is 0 Å². The zero-order chi connectivity index (χ0) is 12.5. The van der Waals surface area contributed by atoms with E-state index in [-0.39, 0.29) is 5.91 Å². The molecule has 0 bridgehead atoms. The zero-order valence-corrected chi connectivity index (χ0v) is 10.6. The third kappa shape index (κ3) is 5.94. The van der Waals surface area contributed by atoms with E-state index in [1.807, 2.05) is 6.92 Å². The van der Waals surface area contributed by atoms with Crippen LogP contribution in [0.25, 0.3) is 0 Å². The summed E-state index contributed by atoms with van der Waals surface area (Å²) in [6.45, 7) is 5.56. The summed E-state index contributed by atoms with van der Waals surface area (Å²) in [5.74, 6) is 0.810. The van der Waals surface area contributed by atoms with E-state index in [0.717, 1.165) is 25.3 Å². The van der Waals surface area contributed by atoms with Gasteiger partial charge in [0.2, 0.25) is 5.91 Å². The first kappa shape index (κ1) is 13.5. The molecule has 0 aliphatic heterocycles. The topological polar surface area (TPSA) is 65.5 Å². The minimum Gasteiger partial charge on any atom is -0.357 e. The van der Waals surface area contributed by atoms with Crippen LogP contribution in [0.1, 0.15) is 26.7 Å². The van der Waals surface area contributed by atoms with Gasteiger partial charge in [0.05, 0.1) is 6.54 Å². The van der Waals surface area contributed by atoms with Gasteiger partial charge in [-0.15, -0.1) is 0 Å². The molecule has 1 rings (SSSR count). The number of carbonyl (C=O) groups is 1. The molecule has 1 amide bonds. The largest absolute Gasteiger partial charge is 0.357 e. The van der Waals surface area contributed by atoms with Crippen LogP contribution < -0.4 is 16.0 Å². The quantitative estimate of drug-likeness (QED) is 0.281. The normalized spacial score (nSPS) is 16.0. The molecule has 0 radical (unpaired) electrons. The molecule has 1 aliphatic rings. The van der Waals surface area contributed by atoms with Gasteiger partial charge in [0.25, 0.3) is 0 Å². The minimum atomic E-state index is -0.0156. The lowest BCUT2D eigenvalue weighted by Crippen LogP contribution is -2.42. The number of nitrogens with one attached hydrogen (secondary N) is 3. The lowest BCUT2D eigenvalue weighted by atomic mass is 10.2. The van der Waals surface area contributed by atoms with E-state index in [1.54, 1.807) is 0 Å². The van der Waals surface area contributed by atoms with Gasteiger partial charge in [0.15, 0.2) is 5.96 Å². The summed E-state index contributed by atoms with van der Waals surface area (Å²) in [5.41, 5.74) is 0. The molecule has 3 N–H and O–H groups in total. The molecule has 0 atom stereocenters. The summed E-state index contributed by atoms with van der Waals surface area (Å²) in [4.78, 5) is 15.1. The molecule has 0 aromatic rings. The Kier molecular flexibility index (Phi) is 6.14. The first-order valence-electron chi connectivity index (χ1n) is 6.16. The predicted octanol–water partition coefficient (Wildman–Crippen LogP) is 0.396. The maximum absolute atomic E-state index is 10.7. The summed E-state index contributed by atoms with van der Waals surface area (Å²) in [6.07, 6.45) is 6.46. The summed E-state index contributed by atoms with van der Waals surface area (Å²) >= 11 is 0. The Balaban J connectivity index is 2.29. The van der Waals surface area contributed by atoms with Crippen LogP contribution in [0.4, 0.5) is 0 Å². The smallest absolute Gasteiger partial charge is 0.216 e. The first-order chi connectivity index (χ1) is 8.22. The molecular weight excluding hydrogens is 216 g/mol. The van der Waals surface area contributed by atoms with Crippen molar-refractivity contribution < 1.29 is 4.79 Å². The SMILES string of the molecule is CCNC(=NCCNC(C)=O)NC1CC=CC1. The fraction of sp³-hybridized carbons (Fsp3) is 0.667. The molecule has 0 spiro atoms. The molecule has 0 fully saturated rings. The molecule has 0 heterocycles. The average Bonchev–Trinajstić information content (AvgIpc) is 2.77. The Labute approximate surface area is 103 Å². The van der Waals surface area contributed by atoms with Gasteiger partial charge in [-0.05, 0) is 19.8 Å². The van der Waals surface area contributed by atoms with Crippen molar-refractivity contribution in [2.24, 2.45) is 4.99 Å². The van der Waals surface area contributed by atoms with Crippen LogP contribution in [0, 0.1) is 0 Å². The Morgan fingerprint density at radius 1 is 1.35 bits per heavy atom. The van der Waals surface area contributed by atoms with Gasteiger partial charge in [-0.3, -0.25) is 9.79 Å². The highest BCUT2D eigenvalue weighted by Crippen LogP contribution is 2.08. The predicted molar refractivity (Wildman–Crippen MR) is 70.0 cm³/mol. The van der Waals surface area contributed by atoms with E-state index in [0.29, 0.717) is 19.1 Å². The van der Waals surface area contributed by atoms with Crippen molar-refractivity contribution in [1.82, 2.24) is 16.0 Å². The van der Waals surface area contributed by atoms with Crippen molar-refractivity contribution in [3.8, 4) is 0 Å². The van der Waals surface area contributed by atoms with Gasteiger partial charge in [0.1, 0.15) is 0 Å². The summed E-state index contributed by atoms with van der Waals surface area (Å²) in [7, 11) is 0. The van der Waals surface area contributed by atoms with Gasteiger partial charge in [-0.2, -0.15) is 0 Å². The fourth-order valence-corrected chi connectivity index (χ4v) is 1.65. The third-order valence-electron chi connectivity index (χ3n) is 2.45.